The summed E-state index contributed by atoms with van der Waals surface area (Å²) < 4.78 is 12.0. The molecule has 2 fully saturated rings. The van der Waals surface area contributed by atoms with Crippen LogP contribution in [0.5, 0.6) is 5.75 Å². The van der Waals surface area contributed by atoms with Crippen molar-refractivity contribution in [3.05, 3.63) is 87.8 Å². The average molecular weight is 652 g/mol. The van der Waals surface area contributed by atoms with Crippen LogP contribution in [0.1, 0.15) is 22.3 Å². The van der Waals surface area contributed by atoms with Crippen LogP contribution in [0.15, 0.2) is 71.6 Å². The van der Waals surface area contributed by atoms with Gasteiger partial charge in [0.25, 0.3) is 5.91 Å². The molecule has 3 aromatic rings. The van der Waals surface area contributed by atoms with Gasteiger partial charge >= 0.3 is 5.97 Å². The summed E-state index contributed by atoms with van der Waals surface area (Å²) in [5.41, 5.74) is 3.04. The van der Waals surface area contributed by atoms with Crippen LogP contribution < -0.4 is 10.1 Å². The summed E-state index contributed by atoms with van der Waals surface area (Å²) in [5, 5.41) is 12.4. The van der Waals surface area contributed by atoms with Gasteiger partial charge in [0.2, 0.25) is 5.91 Å². The molecule has 12 heteroatoms. The van der Waals surface area contributed by atoms with E-state index in [0.29, 0.717) is 51.1 Å². The van der Waals surface area contributed by atoms with Crippen molar-refractivity contribution >= 4 is 69.4 Å². The fourth-order valence-corrected chi connectivity index (χ4v) is 6.28. The maximum atomic E-state index is 13.4. The highest BCUT2D eigenvalue weighted by Gasteiger charge is 2.32. The van der Waals surface area contributed by atoms with E-state index in [1.165, 1.54) is 40.9 Å². The number of carboxylic acid groups (broad SMARTS) is 1. The highest BCUT2D eigenvalue weighted by Crippen LogP contribution is 2.37. The van der Waals surface area contributed by atoms with Gasteiger partial charge in [-0.15, -0.1) is 0 Å². The Morgan fingerprint density at radius 1 is 1.07 bits per heavy atom. The van der Waals surface area contributed by atoms with Crippen LogP contribution in [0.2, 0.25) is 5.02 Å². The van der Waals surface area contributed by atoms with E-state index in [1.807, 2.05) is 42.5 Å². The first-order valence-electron chi connectivity index (χ1n) is 14.0. The van der Waals surface area contributed by atoms with Gasteiger partial charge in [-0.05, 0) is 54.1 Å². The molecule has 0 bridgehead atoms. The molecule has 0 saturated carbocycles. The Kier molecular flexibility index (Phi) is 10.7. The van der Waals surface area contributed by atoms with Gasteiger partial charge in [0.15, 0.2) is 0 Å². The molecule has 0 radical (unpaired) electrons. The smallest absolute Gasteiger partial charge is 0.335 e. The van der Waals surface area contributed by atoms with Crippen molar-refractivity contribution in [2.24, 2.45) is 0 Å². The van der Waals surface area contributed by atoms with Gasteiger partial charge in [0, 0.05) is 54.4 Å². The number of rotatable bonds is 11. The van der Waals surface area contributed by atoms with Crippen LogP contribution in [-0.4, -0.2) is 83.0 Å². The molecular weight excluding hydrogens is 622 g/mol. The number of morpholine rings is 1. The Labute approximate surface area is 269 Å². The first-order valence-corrected chi connectivity index (χ1v) is 15.6. The lowest BCUT2D eigenvalue weighted by atomic mass is 10.0. The largest absolute Gasteiger partial charge is 0.492 e. The second-order valence-electron chi connectivity index (χ2n) is 10.0. The van der Waals surface area contributed by atoms with E-state index in [0.717, 1.165) is 30.8 Å². The fraction of sp³-hybridized carbons (Fsp3) is 0.250. The number of carbonyl (C=O) groups excluding carboxylic acids is 2. The van der Waals surface area contributed by atoms with Crippen molar-refractivity contribution in [3.8, 4) is 16.9 Å². The Morgan fingerprint density at radius 2 is 1.82 bits per heavy atom. The lowest BCUT2D eigenvalue weighted by Gasteiger charge is -2.26. The Hall–Kier alpha value is -3.74. The molecule has 228 valence electrons. The van der Waals surface area contributed by atoms with Crippen LogP contribution in [0.4, 0.5) is 5.69 Å². The topological polar surface area (TPSA) is 108 Å². The number of aromatic carboxylic acids is 1. The zero-order valence-electron chi connectivity index (χ0n) is 23.7. The van der Waals surface area contributed by atoms with Gasteiger partial charge in [0.1, 0.15) is 16.7 Å². The Balaban J connectivity index is 1.29. The fourth-order valence-electron chi connectivity index (χ4n) is 4.73. The molecule has 5 rings (SSSR count). The predicted octanol–water partition coefficient (Wildman–Crippen LogP) is 5.65. The first kappa shape index (κ1) is 31.7. The third-order valence-corrected chi connectivity index (χ3v) is 8.81. The van der Waals surface area contributed by atoms with E-state index < -0.39 is 5.97 Å². The minimum Gasteiger partial charge on any atom is -0.492 e. The minimum absolute atomic E-state index is 0.0122. The van der Waals surface area contributed by atoms with Crippen molar-refractivity contribution in [1.29, 1.82) is 0 Å². The minimum atomic E-state index is -1.05. The number of carbonyl (C=O) groups is 3. The summed E-state index contributed by atoms with van der Waals surface area (Å²) in [4.78, 5) is 41.1. The number of benzene rings is 3. The van der Waals surface area contributed by atoms with Gasteiger partial charge < -0.3 is 19.9 Å². The number of nitrogens with zero attached hydrogens (tertiary/aromatic N) is 2. The molecule has 2 saturated heterocycles. The van der Waals surface area contributed by atoms with Crippen molar-refractivity contribution in [1.82, 2.24) is 9.80 Å². The number of carboxylic acids is 1. The van der Waals surface area contributed by atoms with E-state index in [1.54, 1.807) is 6.08 Å². The van der Waals surface area contributed by atoms with Gasteiger partial charge in [-0.2, -0.15) is 0 Å². The van der Waals surface area contributed by atoms with Crippen molar-refractivity contribution in [2.75, 3.05) is 51.3 Å². The van der Waals surface area contributed by atoms with Crippen LogP contribution in [0.25, 0.3) is 17.2 Å². The second-order valence-corrected chi connectivity index (χ2v) is 12.1. The van der Waals surface area contributed by atoms with E-state index in [2.05, 4.69) is 10.2 Å². The van der Waals surface area contributed by atoms with Gasteiger partial charge in [-0.25, -0.2) is 4.79 Å². The zero-order valence-corrected chi connectivity index (χ0v) is 26.1. The van der Waals surface area contributed by atoms with E-state index >= 15 is 0 Å². The Morgan fingerprint density at radius 3 is 2.55 bits per heavy atom. The van der Waals surface area contributed by atoms with Gasteiger partial charge in [0.05, 0.1) is 23.7 Å². The van der Waals surface area contributed by atoms with Gasteiger partial charge in [-0.3, -0.25) is 19.4 Å². The van der Waals surface area contributed by atoms with Crippen molar-refractivity contribution in [2.45, 2.75) is 6.42 Å². The van der Waals surface area contributed by atoms with Crippen LogP contribution >= 0.6 is 35.6 Å². The number of amides is 2. The SMILES string of the molecule is O=C(CCN1C(=O)/C(=C/c2cc(-c3ccccc3Cl)ccc2OCCN2CCOCC2)SC1=S)Nc1ccc(C(=O)O)cc1. The first-order chi connectivity index (χ1) is 21.3. The quantitative estimate of drug-likeness (QED) is 0.201. The number of hydrogen-bond donors (Lipinski definition) is 2. The lowest BCUT2D eigenvalue weighted by Crippen LogP contribution is -2.38. The molecule has 0 aliphatic carbocycles. The molecule has 0 aromatic heterocycles. The van der Waals surface area contributed by atoms with Crippen molar-refractivity contribution in [3.63, 3.8) is 0 Å². The molecule has 2 aliphatic rings. The molecule has 9 nitrogen and oxygen atoms in total. The molecule has 0 unspecified atom stereocenters. The highest BCUT2D eigenvalue weighted by molar-refractivity contribution is 8.26. The maximum absolute atomic E-state index is 13.4. The van der Waals surface area contributed by atoms with E-state index in [-0.39, 0.29) is 30.3 Å². The lowest BCUT2D eigenvalue weighted by molar-refractivity contribution is -0.122. The summed E-state index contributed by atoms with van der Waals surface area (Å²) in [7, 11) is 0. The van der Waals surface area contributed by atoms with E-state index in [4.69, 9.17) is 38.4 Å². The number of halogens is 1. The molecule has 0 spiro atoms. The van der Waals surface area contributed by atoms with Crippen LogP contribution in [0.3, 0.4) is 0 Å². The van der Waals surface area contributed by atoms with E-state index in [9.17, 15) is 14.4 Å². The summed E-state index contributed by atoms with van der Waals surface area (Å²) in [6, 6.07) is 19.2. The molecule has 2 amide bonds. The summed E-state index contributed by atoms with van der Waals surface area (Å²) in [6.45, 7) is 4.47. The van der Waals surface area contributed by atoms with Gasteiger partial charge in [-0.1, -0.05) is 59.8 Å². The van der Waals surface area contributed by atoms with Crippen molar-refractivity contribution < 1.29 is 29.0 Å². The normalized spacial score (nSPS) is 16.4. The maximum Gasteiger partial charge on any atom is 0.335 e. The number of nitrogens with one attached hydrogen (secondary N) is 1. The van der Waals surface area contributed by atoms with Crippen LogP contribution in [0, 0.1) is 0 Å². The highest BCUT2D eigenvalue weighted by atomic mass is 35.5. The number of hydrogen-bond acceptors (Lipinski definition) is 8. The molecule has 2 N–H and O–H groups in total. The predicted molar refractivity (Wildman–Crippen MR) is 176 cm³/mol. The number of thiocarbonyl (C=S) groups is 1. The molecular formula is C32H30ClN3O6S2. The summed E-state index contributed by atoms with van der Waals surface area (Å²) >= 11 is 13.2. The summed E-state index contributed by atoms with van der Waals surface area (Å²) in [6.07, 6.45) is 1.78. The second kappa shape index (κ2) is 14.8. The number of ether oxygens (including phenoxy) is 2. The molecule has 2 aliphatic heterocycles. The third-order valence-electron chi connectivity index (χ3n) is 7.10. The Bertz CT molecular complexity index is 1590. The molecule has 2 heterocycles. The zero-order chi connectivity index (χ0) is 31.1. The van der Waals surface area contributed by atoms with Crippen LogP contribution in [-0.2, 0) is 14.3 Å². The monoisotopic (exact) mass is 651 g/mol. The summed E-state index contributed by atoms with van der Waals surface area (Å²) in [5.74, 6) is -1.03. The standard InChI is InChI=1S/C32H30ClN3O6S2/c33-26-4-2-1-3-25(26)22-7-10-27(42-18-15-35-13-16-41-17-14-35)23(19-22)20-28-30(38)36(32(43)44-28)12-11-29(37)34-24-8-5-21(6-9-24)31(39)40/h1-10,19-20H,11-18H2,(H,34,37)(H,39,40)/b28-20-. The molecule has 44 heavy (non-hydrogen) atoms. The third kappa shape index (κ3) is 8.04. The molecule has 3 aromatic carbocycles. The molecule has 0 atom stereocenters. The average Bonchev–Trinajstić information content (AvgIpc) is 3.29. The number of anilines is 1. The number of thioether (sulfide) groups is 1.